The third kappa shape index (κ3) is 4.35. The van der Waals surface area contributed by atoms with Crippen molar-refractivity contribution >= 4 is 5.91 Å². The predicted octanol–water partition coefficient (Wildman–Crippen LogP) is 2.98. The molecule has 1 N–H and O–H groups in total. The maximum Gasteiger partial charge on any atom is 0.237 e. The first-order valence-electron chi connectivity index (χ1n) is 8.98. The van der Waals surface area contributed by atoms with Gasteiger partial charge in [-0.25, -0.2) is 0 Å². The molecule has 0 aromatic heterocycles. The topological polar surface area (TPSA) is 50.8 Å². The van der Waals surface area contributed by atoms with Crippen LogP contribution in [-0.4, -0.2) is 37.6 Å². The Kier molecular flexibility index (Phi) is 6.12. The van der Waals surface area contributed by atoms with E-state index in [1.165, 1.54) is 5.56 Å². The fourth-order valence-electron chi connectivity index (χ4n) is 3.43. The number of amides is 1. The van der Waals surface area contributed by atoms with Crippen LogP contribution in [0.2, 0.25) is 0 Å². The number of hydrogen-bond donors (Lipinski definition) is 1. The number of benzene rings is 2. The summed E-state index contributed by atoms with van der Waals surface area (Å²) in [6.45, 7) is 2.26. The average molecular weight is 354 g/mol. The molecule has 2 aromatic carbocycles. The van der Waals surface area contributed by atoms with Gasteiger partial charge in [-0.3, -0.25) is 9.69 Å². The highest BCUT2D eigenvalue weighted by molar-refractivity contribution is 5.82. The van der Waals surface area contributed by atoms with E-state index in [1.54, 1.807) is 14.2 Å². The van der Waals surface area contributed by atoms with Crippen molar-refractivity contribution in [2.75, 3.05) is 20.8 Å². The van der Waals surface area contributed by atoms with E-state index in [-0.39, 0.29) is 11.9 Å². The van der Waals surface area contributed by atoms with Gasteiger partial charge in [-0.1, -0.05) is 36.4 Å². The number of methoxy groups -OCH3 is 2. The molecular formula is C21H26N2O3. The molecule has 26 heavy (non-hydrogen) atoms. The number of nitrogens with one attached hydrogen (secondary N) is 1. The molecule has 1 atom stereocenters. The summed E-state index contributed by atoms with van der Waals surface area (Å²) in [7, 11) is 3.22. The van der Waals surface area contributed by atoms with Crippen LogP contribution in [0.4, 0.5) is 0 Å². The van der Waals surface area contributed by atoms with Crippen molar-refractivity contribution in [3.05, 3.63) is 59.7 Å². The Labute approximate surface area is 154 Å². The lowest BCUT2D eigenvalue weighted by Gasteiger charge is -2.23. The summed E-state index contributed by atoms with van der Waals surface area (Å²) in [5.41, 5.74) is 2.23. The first kappa shape index (κ1) is 18.3. The summed E-state index contributed by atoms with van der Waals surface area (Å²) in [5, 5.41) is 3.07. The van der Waals surface area contributed by atoms with Gasteiger partial charge in [-0.15, -0.1) is 0 Å². The van der Waals surface area contributed by atoms with Gasteiger partial charge in [0.2, 0.25) is 5.91 Å². The molecule has 0 bridgehead atoms. The molecule has 1 aliphatic rings. The standard InChI is InChI=1S/C21H26N2O3/c1-25-19-11-10-17(13-20(19)26-2)14-22-21(24)18-9-6-12-23(18)15-16-7-4-3-5-8-16/h3-5,7-8,10-11,13,18H,6,9,12,14-15H2,1-2H3,(H,22,24). The fourth-order valence-corrected chi connectivity index (χ4v) is 3.43. The van der Waals surface area contributed by atoms with Crippen LogP contribution in [0.5, 0.6) is 11.5 Å². The normalized spacial score (nSPS) is 17.1. The van der Waals surface area contributed by atoms with Gasteiger partial charge in [-0.2, -0.15) is 0 Å². The minimum Gasteiger partial charge on any atom is -0.493 e. The quantitative estimate of drug-likeness (QED) is 0.830. The van der Waals surface area contributed by atoms with Crippen LogP contribution in [-0.2, 0) is 17.9 Å². The second kappa shape index (κ2) is 8.72. The molecular weight excluding hydrogens is 328 g/mol. The molecule has 0 radical (unpaired) electrons. The zero-order valence-electron chi connectivity index (χ0n) is 15.4. The van der Waals surface area contributed by atoms with Gasteiger partial charge < -0.3 is 14.8 Å². The van der Waals surface area contributed by atoms with Gasteiger partial charge >= 0.3 is 0 Å². The van der Waals surface area contributed by atoms with Gasteiger partial charge in [0.25, 0.3) is 0 Å². The predicted molar refractivity (Wildman–Crippen MR) is 101 cm³/mol. The van der Waals surface area contributed by atoms with E-state index >= 15 is 0 Å². The Hall–Kier alpha value is -2.53. The number of nitrogens with zero attached hydrogens (tertiary/aromatic N) is 1. The van der Waals surface area contributed by atoms with Crippen LogP contribution in [0.25, 0.3) is 0 Å². The lowest BCUT2D eigenvalue weighted by Crippen LogP contribution is -2.42. The number of rotatable bonds is 7. The Morgan fingerprint density at radius 3 is 2.58 bits per heavy atom. The van der Waals surface area contributed by atoms with Crippen molar-refractivity contribution in [2.24, 2.45) is 0 Å². The van der Waals surface area contributed by atoms with E-state index in [1.807, 2.05) is 36.4 Å². The lowest BCUT2D eigenvalue weighted by molar-refractivity contribution is -0.125. The summed E-state index contributed by atoms with van der Waals surface area (Å²) in [4.78, 5) is 15.0. The molecule has 1 amide bonds. The minimum absolute atomic E-state index is 0.0599. The molecule has 3 rings (SSSR count). The van der Waals surface area contributed by atoms with E-state index in [0.717, 1.165) is 31.5 Å². The van der Waals surface area contributed by atoms with Crippen LogP contribution in [0.3, 0.4) is 0 Å². The van der Waals surface area contributed by atoms with Gasteiger partial charge in [0.15, 0.2) is 11.5 Å². The molecule has 0 saturated carbocycles. The van der Waals surface area contributed by atoms with Crippen molar-refractivity contribution in [1.82, 2.24) is 10.2 Å². The molecule has 1 aliphatic heterocycles. The summed E-state index contributed by atoms with van der Waals surface area (Å²) >= 11 is 0. The molecule has 138 valence electrons. The minimum atomic E-state index is -0.0599. The highest BCUT2D eigenvalue weighted by Crippen LogP contribution is 2.27. The number of carbonyl (C=O) groups is 1. The first-order chi connectivity index (χ1) is 12.7. The van der Waals surface area contributed by atoms with Crippen molar-refractivity contribution < 1.29 is 14.3 Å². The zero-order chi connectivity index (χ0) is 18.4. The largest absolute Gasteiger partial charge is 0.493 e. The van der Waals surface area contributed by atoms with E-state index in [2.05, 4.69) is 22.3 Å². The maximum absolute atomic E-state index is 12.7. The molecule has 0 aliphatic carbocycles. The number of ether oxygens (including phenoxy) is 2. The first-order valence-corrected chi connectivity index (χ1v) is 8.98. The van der Waals surface area contributed by atoms with E-state index in [0.29, 0.717) is 18.0 Å². The molecule has 1 fully saturated rings. The van der Waals surface area contributed by atoms with E-state index in [4.69, 9.17) is 9.47 Å². The van der Waals surface area contributed by atoms with Crippen molar-refractivity contribution in [3.8, 4) is 11.5 Å². The molecule has 1 heterocycles. The summed E-state index contributed by atoms with van der Waals surface area (Å²) in [6, 6.07) is 15.9. The van der Waals surface area contributed by atoms with Gasteiger partial charge in [0, 0.05) is 13.1 Å². The van der Waals surface area contributed by atoms with Crippen LogP contribution in [0.1, 0.15) is 24.0 Å². The summed E-state index contributed by atoms with van der Waals surface area (Å²) in [6.07, 6.45) is 1.96. The summed E-state index contributed by atoms with van der Waals surface area (Å²) < 4.78 is 10.6. The summed E-state index contributed by atoms with van der Waals surface area (Å²) in [5.74, 6) is 1.45. The second-order valence-corrected chi connectivity index (χ2v) is 6.52. The van der Waals surface area contributed by atoms with Gasteiger partial charge in [0.1, 0.15) is 0 Å². The number of likely N-dealkylation sites (tertiary alicyclic amines) is 1. The molecule has 0 spiro atoms. The van der Waals surface area contributed by atoms with Gasteiger partial charge in [0.05, 0.1) is 20.3 Å². The highest BCUT2D eigenvalue weighted by atomic mass is 16.5. The van der Waals surface area contributed by atoms with Crippen LogP contribution in [0.15, 0.2) is 48.5 Å². The molecule has 1 unspecified atom stereocenters. The van der Waals surface area contributed by atoms with Crippen LogP contribution < -0.4 is 14.8 Å². The van der Waals surface area contributed by atoms with Crippen molar-refractivity contribution in [3.63, 3.8) is 0 Å². The maximum atomic E-state index is 12.7. The van der Waals surface area contributed by atoms with Crippen molar-refractivity contribution in [2.45, 2.75) is 32.0 Å². The lowest BCUT2D eigenvalue weighted by atomic mass is 10.1. The highest BCUT2D eigenvalue weighted by Gasteiger charge is 2.30. The Bertz CT molecular complexity index is 733. The molecule has 5 nitrogen and oxygen atoms in total. The average Bonchev–Trinajstić information content (AvgIpc) is 3.14. The Morgan fingerprint density at radius 1 is 1.08 bits per heavy atom. The van der Waals surface area contributed by atoms with Gasteiger partial charge in [-0.05, 0) is 42.6 Å². The number of carbonyl (C=O) groups excluding carboxylic acids is 1. The SMILES string of the molecule is COc1ccc(CNC(=O)C2CCCN2Cc2ccccc2)cc1OC. The van der Waals surface area contributed by atoms with Crippen LogP contribution >= 0.6 is 0 Å². The molecule has 2 aromatic rings. The second-order valence-electron chi connectivity index (χ2n) is 6.52. The smallest absolute Gasteiger partial charge is 0.237 e. The van der Waals surface area contributed by atoms with E-state index < -0.39 is 0 Å². The Balaban J connectivity index is 1.59. The molecule has 5 heteroatoms. The third-order valence-electron chi connectivity index (χ3n) is 4.81. The van der Waals surface area contributed by atoms with E-state index in [9.17, 15) is 4.79 Å². The third-order valence-corrected chi connectivity index (χ3v) is 4.81. The number of hydrogen-bond acceptors (Lipinski definition) is 4. The molecule has 1 saturated heterocycles. The monoisotopic (exact) mass is 354 g/mol. The Morgan fingerprint density at radius 2 is 1.85 bits per heavy atom. The van der Waals surface area contributed by atoms with Crippen molar-refractivity contribution in [1.29, 1.82) is 0 Å². The zero-order valence-corrected chi connectivity index (χ0v) is 15.4. The van der Waals surface area contributed by atoms with Crippen LogP contribution in [0, 0.1) is 0 Å². The fraction of sp³-hybridized carbons (Fsp3) is 0.381.